The van der Waals surface area contributed by atoms with Gasteiger partial charge in [-0.3, -0.25) is 14.5 Å². The molecule has 1 heterocycles. The van der Waals surface area contributed by atoms with Gasteiger partial charge in [-0.05, 0) is 79.2 Å². The molecule has 3 aromatic carbocycles. The van der Waals surface area contributed by atoms with Crippen LogP contribution in [-0.4, -0.2) is 28.6 Å². The number of amides is 2. The van der Waals surface area contributed by atoms with Crippen molar-refractivity contribution < 1.29 is 23.9 Å². The minimum absolute atomic E-state index is 0.0803. The van der Waals surface area contributed by atoms with Gasteiger partial charge >= 0.3 is 5.97 Å². The number of carbonyl (C=O) groups is 3. The Bertz CT molecular complexity index is 1370. The van der Waals surface area contributed by atoms with Gasteiger partial charge < -0.3 is 9.47 Å². The smallest absolute Gasteiger partial charge is 0.343 e. The molecule has 0 atom stereocenters. The van der Waals surface area contributed by atoms with Crippen LogP contribution in [0.5, 0.6) is 11.5 Å². The zero-order valence-electron chi connectivity index (χ0n) is 19.4. The molecule has 9 heteroatoms. The standard InChI is InChI=1S/C27H21Cl2NO5S/c1-3-34-23-13-17(7-11-22(23)35-26(32)19-8-4-16(2)5-9-19)14-24-25(31)30(27(33)36-24)15-18-6-10-20(28)21(29)12-18/h4-14H,3,15H2,1-2H3/b24-14-. The zero-order chi connectivity index (χ0) is 25.8. The molecule has 3 aromatic rings. The largest absolute Gasteiger partial charge is 0.490 e. The lowest BCUT2D eigenvalue weighted by atomic mass is 10.1. The fraction of sp³-hybridized carbons (Fsp3) is 0.148. The van der Waals surface area contributed by atoms with E-state index in [-0.39, 0.29) is 22.4 Å². The number of benzene rings is 3. The topological polar surface area (TPSA) is 72.9 Å². The van der Waals surface area contributed by atoms with Crippen molar-refractivity contribution in [1.82, 2.24) is 4.90 Å². The second kappa shape index (κ2) is 11.2. The molecule has 36 heavy (non-hydrogen) atoms. The van der Waals surface area contributed by atoms with E-state index < -0.39 is 11.9 Å². The Labute approximate surface area is 222 Å². The van der Waals surface area contributed by atoms with E-state index in [1.54, 1.807) is 54.6 Å². The molecule has 0 radical (unpaired) electrons. The maximum absolute atomic E-state index is 12.9. The molecule has 0 aromatic heterocycles. The van der Waals surface area contributed by atoms with E-state index in [2.05, 4.69) is 0 Å². The molecular weight excluding hydrogens is 521 g/mol. The normalized spacial score (nSPS) is 14.4. The average molecular weight is 542 g/mol. The Morgan fingerprint density at radius 1 is 0.972 bits per heavy atom. The predicted molar refractivity (Wildman–Crippen MR) is 142 cm³/mol. The first-order chi connectivity index (χ1) is 17.2. The van der Waals surface area contributed by atoms with Gasteiger partial charge in [-0.2, -0.15) is 0 Å². The third-order valence-corrected chi connectivity index (χ3v) is 6.90. The third-order valence-electron chi connectivity index (χ3n) is 5.25. The second-order valence-corrected chi connectivity index (χ2v) is 9.72. The van der Waals surface area contributed by atoms with Crippen LogP contribution in [0.3, 0.4) is 0 Å². The summed E-state index contributed by atoms with van der Waals surface area (Å²) in [6.45, 7) is 4.17. The van der Waals surface area contributed by atoms with Gasteiger partial charge in [0.15, 0.2) is 11.5 Å². The van der Waals surface area contributed by atoms with Gasteiger partial charge in [0.1, 0.15) is 0 Å². The number of aryl methyl sites for hydroxylation is 1. The van der Waals surface area contributed by atoms with E-state index in [1.165, 1.54) is 0 Å². The maximum Gasteiger partial charge on any atom is 0.343 e. The van der Waals surface area contributed by atoms with Crippen molar-refractivity contribution in [3.63, 3.8) is 0 Å². The number of hydrogen-bond donors (Lipinski definition) is 0. The van der Waals surface area contributed by atoms with Crippen molar-refractivity contribution >= 4 is 58.2 Å². The van der Waals surface area contributed by atoms with Crippen LogP contribution in [0.4, 0.5) is 4.79 Å². The first kappa shape index (κ1) is 25.8. The van der Waals surface area contributed by atoms with Gasteiger partial charge in [-0.15, -0.1) is 0 Å². The van der Waals surface area contributed by atoms with E-state index in [1.807, 2.05) is 26.0 Å². The molecule has 1 aliphatic rings. The Kier molecular flexibility index (Phi) is 8.04. The number of ether oxygens (including phenoxy) is 2. The first-order valence-corrected chi connectivity index (χ1v) is 12.6. The summed E-state index contributed by atoms with van der Waals surface area (Å²) in [5.74, 6) is -0.315. The first-order valence-electron chi connectivity index (χ1n) is 11.0. The van der Waals surface area contributed by atoms with Gasteiger partial charge in [0, 0.05) is 0 Å². The van der Waals surface area contributed by atoms with Gasteiger partial charge in [-0.1, -0.05) is 53.0 Å². The number of thioether (sulfide) groups is 1. The number of halogens is 2. The Morgan fingerprint density at radius 3 is 2.42 bits per heavy atom. The molecule has 4 rings (SSSR count). The van der Waals surface area contributed by atoms with Gasteiger partial charge in [0.25, 0.3) is 11.1 Å². The molecule has 0 spiro atoms. The summed E-state index contributed by atoms with van der Waals surface area (Å²) >= 11 is 12.9. The van der Waals surface area contributed by atoms with Gasteiger partial charge in [-0.25, -0.2) is 4.79 Å². The summed E-state index contributed by atoms with van der Waals surface area (Å²) in [7, 11) is 0. The molecule has 0 N–H and O–H groups in total. The molecule has 0 unspecified atom stereocenters. The van der Waals surface area contributed by atoms with Crippen LogP contribution in [-0.2, 0) is 11.3 Å². The van der Waals surface area contributed by atoms with Crippen LogP contribution < -0.4 is 9.47 Å². The number of rotatable bonds is 7. The van der Waals surface area contributed by atoms with Gasteiger partial charge in [0.2, 0.25) is 0 Å². The lowest BCUT2D eigenvalue weighted by molar-refractivity contribution is -0.123. The molecule has 2 amide bonds. The highest BCUT2D eigenvalue weighted by atomic mass is 35.5. The molecule has 1 fully saturated rings. The average Bonchev–Trinajstić information content (AvgIpc) is 3.10. The molecule has 184 valence electrons. The van der Waals surface area contributed by atoms with Crippen LogP contribution >= 0.6 is 35.0 Å². The van der Waals surface area contributed by atoms with Crippen LogP contribution in [0.25, 0.3) is 6.08 Å². The van der Waals surface area contributed by atoms with Crippen LogP contribution in [0.1, 0.15) is 34.0 Å². The van der Waals surface area contributed by atoms with E-state index in [9.17, 15) is 14.4 Å². The molecule has 1 aliphatic heterocycles. The monoisotopic (exact) mass is 541 g/mol. The minimum atomic E-state index is -0.507. The zero-order valence-corrected chi connectivity index (χ0v) is 21.7. The Morgan fingerprint density at radius 2 is 1.72 bits per heavy atom. The minimum Gasteiger partial charge on any atom is -0.490 e. The van der Waals surface area contributed by atoms with Crippen LogP contribution in [0.2, 0.25) is 10.0 Å². The SMILES string of the molecule is CCOc1cc(/C=C2\SC(=O)N(Cc3ccc(Cl)c(Cl)c3)C2=O)ccc1OC(=O)c1ccc(C)cc1. The Balaban J connectivity index is 1.53. The summed E-state index contributed by atoms with van der Waals surface area (Å²) in [6.07, 6.45) is 1.60. The van der Waals surface area contributed by atoms with Crippen molar-refractivity contribution in [3.05, 3.63) is 97.9 Å². The summed E-state index contributed by atoms with van der Waals surface area (Å²) in [4.78, 5) is 39.4. The highest BCUT2D eigenvalue weighted by Crippen LogP contribution is 2.36. The van der Waals surface area contributed by atoms with Crippen molar-refractivity contribution in [2.75, 3.05) is 6.61 Å². The number of carbonyl (C=O) groups excluding carboxylic acids is 3. The van der Waals surface area contributed by atoms with Crippen LogP contribution in [0, 0.1) is 6.92 Å². The summed E-state index contributed by atoms with van der Waals surface area (Å²) < 4.78 is 11.2. The fourth-order valence-corrected chi connectivity index (χ4v) is 4.58. The van der Waals surface area contributed by atoms with E-state index in [4.69, 9.17) is 32.7 Å². The van der Waals surface area contributed by atoms with Gasteiger partial charge in [0.05, 0.1) is 33.7 Å². The van der Waals surface area contributed by atoms with E-state index >= 15 is 0 Å². The summed E-state index contributed by atoms with van der Waals surface area (Å²) in [6, 6.07) is 17.0. The van der Waals surface area contributed by atoms with Crippen molar-refractivity contribution in [1.29, 1.82) is 0 Å². The highest BCUT2D eigenvalue weighted by Gasteiger charge is 2.35. The predicted octanol–water partition coefficient (Wildman–Crippen LogP) is 7.16. The fourth-order valence-electron chi connectivity index (χ4n) is 3.42. The Hall–Kier alpha value is -3.26. The lowest BCUT2D eigenvalue weighted by Crippen LogP contribution is -2.27. The molecular formula is C27H21Cl2NO5S. The summed E-state index contributed by atoms with van der Waals surface area (Å²) in [5, 5.41) is 0.363. The lowest BCUT2D eigenvalue weighted by Gasteiger charge is -2.13. The quantitative estimate of drug-likeness (QED) is 0.179. The number of nitrogens with zero attached hydrogens (tertiary/aromatic N) is 1. The molecule has 0 saturated carbocycles. The molecule has 1 saturated heterocycles. The van der Waals surface area contributed by atoms with Crippen LogP contribution in [0.15, 0.2) is 65.6 Å². The van der Waals surface area contributed by atoms with Crippen molar-refractivity contribution in [2.24, 2.45) is 0 Å². The number of esters is 1. The molecule has 0 bridgehead atoms. The molecule has 0 aliphatic carbocycles. The number of imide groups is 1. The van der Waals surface area contributed by atoms with Crippen molar-refractivity contribution in [2.45, 2.75) is 20.4 Å². The van der Waals surface area contributed by atoms with E-state index in [0.717, 1.165) is 22.2 Å². The second-order valence-electron chi connectivity index (χ2n) is 7.91. The van der Waals surface area contributed by atoms with E-state index in [0.29, 0.717) is 39.1 Å². The highest BCUT2D eigenvalue weighted by molar-refractivity contribution is 8.18. The van der Waals surface area contributed by atoms with Crippen molar-refractivity contribution in [3.8, 4) is 11.5 Å². The molecule has 6 nitrogen and oxygen atoms in total. The summed E-state index contributed by atoms with van der Waals surface area (Å²) in [5.41, 5.74) is 2.76. The third kappa shape index (κ3) is 5.93. The number of hydrogen-bond acceptors (Lipinski definition) is 6. The maximum atomic E-state index is 12.9.